The van der Waals surface area contributed by atoms with Crippen LogP contribution < -0.4 is 5.32 Å². The molecule has 1 fully saturated rings. The molecule has 1 N–H and O–H groups in total. The van der Waals surface area contributed by atoms with Crippen LogP contribution in [-0.2, 0) is 25.5 Å². The van der Waals surface area contributed by atoms with E-state index in [1.54, 1.807) is 4.90 Å². The van der Waals surface area contributed by atoms with Crippen molar-refractivity contribution in [3.05, 3.63) is 48.0 Å². The number of likely N-dealkylation sites (tertiary alicyclic amines) is 1. The molecule has 0 bridgehead atoms. The largest absolute Gasteiger partial charge is 0.466 e. The monoisotopic (exact) mass is 330 g/mol. The Hall–Kier alpha value is -2.63. The van der Waals surface area contributed by atoms with Crippen molar-refractivity contribution in [3.8, 4) is 0 Å². The first-order valence-electron chi connectivity index (χ1n) is 7.96. The quantitative estimate of drug-likeness (QED) is 0.647. The highest BCUT2D eigenvalue weighted by Crippen LogP contribution is 2.11. The summed E-state index contributed by atoms with van der Waals surface area (Å²) in [6.45, 7) is 1.11. The first kappa shape index (κ1) is 17.7. The molecule has 0 aliphatic carbocycles. The second-order valence-corrected chi connectivity index (χ2v) is 5.69. The highest BCUT2D eigenvalue weighted by molar-refractivity contribution is 5.94. The van der Waals surface area contributed by atoms with Crippen molar-refractivity contribution >= 4 is 17.8 Å². The van der Waals surface area contributed by atoms with E-state index >= 15 is 0 Å². The maximum atomic E-state index is 12.1. The zero-order chi connectivity index (χ0) is 17.4. The van der Waals surface area contributed by atoms with Crippen molar-refractivity contribution < 1.29 is 19.1 Å². The Bertz CT molecular complexity index is 605. The van der Waals surface area contributed by atoms with Crippen LogP contribution in [0.15, 0.2) is 42.5 Å². The minimum atomic E-state index is -0.550. The standard InChI is InChI=1S/C18H22N2O4/c1-24-18(23)8-7-17(22)20-11-9-15(10-12-20)19-16(21)13-14-5-3-2-4-6-14/h2-8,15H,9-13H2,1H3,(H,19,21)/b8-7+. The molecule has 0 saturated carbocycles. The number of hydrogen-bond donors (Lipinski definition) is 1. The zero-order valence-corrected chi connectivity index (χ0v) is 13.7. The van der Waals surface area contributed by atoms with Gasteiger partial charge in [-0.3, -0.25) is 9.59 Å². The van der Waals surface area contributed by atoms with Crippen molar-refractivity contribution in [1.29, 1.82) is 0 Å². The van der Waals surface area contributed by atoms with Gasteiger partial charge in [-0.1, -0.05) is 30.3 Å². The van der Waals surface area contributed by atoms with Gasteiger partial charge in [-0.15, -0.1) is 0 Å². The first-order valence-corrected chi connectivity index (χ1v) is 7.96. The average molecular weight is 330 g/mol. The van der Waals surface area contributed by atoms with Gasteiger partial charge in [-0.05, 0) is 18.4 Å². The van der Waals surface area contributed by atoms with Crippen LogP contribution in [0, 0.1) is 0 Å². The minimum Gasteiger partial charge on any atom is -0.466 e. The van der Waals surface area contributed by atoms with Crippen LogP contribution in [0.3, 0.4) is 0 Å². The molecular weight excluding hydrogens is 308 g/mol. The summed E-state index contributed by atoms with van der Waals surface area (Å²) in [5.41, 5.74) is 0.982. The number of methoxy groups -OCH3 is 1. The highest BCUT2D eigenvalue weighted by atomic mass is 16.5. The lowest BCUT2D eigenvalue weighted by Crippen LogP contribution is -2.46. The van der Waals surface area contributed by atoms with E-state index in [0.29, 0.717) is 32.4 Å². The SMILES string of the molecule is COC(=O)/C=C/C(=O)N1CCC(NC(=O)Cc2ccccc2)CC1. The number of nitrogens with one attached hydrogen (secondary N) is 1. The van der Waals surface area contributed by atoms with E-state index in [2.05, 4.69) is 10.1 Å². The fourth-order valence-corrected chi connectivity index (χ4v) is 2.62. The van der Waals surface area contributed by atoms with Crippen molar-refractivity contribution in [2.75, 3.05) is 20.2 Å². The molecule has 0 atom stereocenters. The van der Waals surface area contributed by atoms with E-state index in [1.807, 2.05) is 30.3 Å². The second-order valence-electron chi connectivity index (χ2n) is 5.69. The van der Waals surface area contributed by atoms with Gasteiger partial charge in [0, 0.05) is 31.3 Å². The lowest BCUT2D eigenvalue weighted by Gasteiger charge is -2.31. The normalized spacial score (nSPS) is 15.3. The Labute approximate surface area is 141 Å². The van der Waals surface area contributed by atoms with E-state index in [9.17, 15) is 14.4 Å². The number of rotatable bonds is 5. The first-order chi connectivity index (χ1) is 11.6. The summed E-state index contributed by atoms with van der Waals surface area (Å²) in [7, 11) is 1.26. The number of benzene rings is 1. The second kappa shape index (κ2) is 8.86. The third kappa shape index (κ3) is 5.53. The van der Waals surface area contributed by atoms with Gasteiger partial charge in [0.1, 0.15) is 0 Å². The van der Waals surface area contributed by atoms with Crippen LogP contribution in [0.2, 0.25) is 0 Å². The van der Waals surface area contributed by atoms with Crippen LogP contribution >= 0.6 is 0 Å². The third-order valence-electron chi connectivity index (χ3n) is 3.94. The average Bonchev–Trinajstić information content (AvgIpc) is 2.60. The van der Waals surface area contributed by atoms with E-state index < -0.39 is 5.97 Å². The molecule has 1 heterocycles. The highest BCUT2D eigenvalue weighted by Gasteiger charge is 2.22. The maximum absolute atomic E-state index is 12.1. The Kier molecular flexibility index (Phi) is 6.54. The molecule has 0 aromatic heterocycles. The van der Waals surface area contributed by atoms with E-state index in [1.165, 1.54) is 13.2 Å². The van der Waals surface area contributed by atoms with Crippen molar-refractivity contribution in [1.82, 2.24) is 10.2 Å². The molecule has 1 aromatic rings. The molecule has 128 valence electrons. The van der Waals surface area contributed by atoms with Gasteiger partial charge in [0.15, 0.2) is 0 Å². The lowest BCUT2D eigenvalue weighted by atomic mass is 10.0. The van der Waals surface area contributed by atoms with E-state index in [-0.39, 0.29) is 17.9 Å². The summed E-state index contributed by atoms with van der Waals surface area (Å²) >= 11 is 0. The van der Waals surface area contributed by atoms with Gasteiger partial charge in [0.05, 0.1) is 13.5 Å². The molecule has 24 heavy (non-hydrogen) atoms. The van der Waals surface area contributed by atoms with Gasteiger partial charge in [0.2, 0.25) is 11.8 Å². The summed E-state index contributed by atoms with van der Waals surface area (Å²) in [6, 6.07) is 9.67. The molecule has 6 heteroatoms. The molecular formula is C18H22N2O4. The molecule has 2 amide bonds. The molecule has 1 aliphatic heterocycles. The van der Waals surface area contributed by atoms with Crippen LogP contribution in [0.25, 0.3) is 0 Å². The van der Waals surface area contributed by atoms with Crippen LogP contribution in [0.1, 0.15) is 18.4 Å². The van der Waals surface area contributed by atoms with Gasteiger partial charge in [-0.2, -0.15) is 0 Å². The fourth-order valence-electron chi connectivity index (χ4n) is 2.62. The molecule has 2 rings (SSSR count). The lowest BCUT2D eigenvalue weighted by molar-refractivity contribution is -0.135. The molecule has 0 unspecified atom stereocenters. The predicted octanol–water partition coefficient (Wildman–Crippen LogP) is 1.07. The number of ether oxygens (including phenoxy) is 1. The molecule has 6 nitrogen and oxygen atoms in total. The van der Waals surface area contributed by atoms with Crippen LogP contribution in [0.4, 0.5) is 0 Å². The zero-order valence-electron chi connectivity index (χ0n) is 13.7. The van der Waals surface area contributed by atoms with Gasteiger partial charge in [-0.25, -0.2) is 4.79 Å². The summed E-state index contributed by atoms with van der Waals surface area (Å²) in [5.74, 6) is -0.766. The Morgan fingerprint density at radius 2 is 1.83 bits per heavy atom. The van der Waals surface area contributed by atoms with Crippen molar-refractivity contribution in [2.24, 2.45) is 0 Å². The topological polar surface area (TPSA) is 75.7 Å². The van der Waals surface area contributed by atoms with Crippen molar-refractivity contribution in [2.45, 2.75) is 25.3 Å². The minimum absolute atomic E-state index is 0.00318. The smallest absolute Gasteiger partial charge is 0.330 e. The Balaban J connectivity index is 1.74. The Morgan fingerprint density at radius 3 is 2.46 bits per heavy atom. The summed E-state index contributed by atoms with van der Waals surface area (Å²) < 4.78 is 4.45. The van der Waals surface area contributed by atoms with Gasteiger partial charge >= 0.3 is 5.97 Å². The van der Waals surface area contributed by atoms with Crippen LogP contribution in [-0.4, -0.2) is 48.9 Å². The number of nitrogens with zero attached hydrogens (tertiary/aromatic N) is 1. The number of hydrogen-bond acceptors (Lipinski definition) is 4. The van der Waals surface area contributed by atoms with E-state index in [0.717, 1.165) is 11.6 Å². The molecule has 1 aromatic carbocycles. The number of esters is 1. The maximum Gasteiger partial charge on any atom is 0.330 e. The summed E-state index contributed by atoms with van der Waals surface area (Å²) in [4.78, 5) is 36.6. The molecule has 1 saturated heterocycles. The van der Waals surface area contributed by atoms with Gasteiger partial charge in [0.25, 0.3) is 0 Å². The summed E-state index contributed by atoms with van der Waals surface area (Å²) in [5, 5.41) is 3.02. The van der Waals surface area contributed by atoms with Gasteiger partial charge < -0.3 is 15.0 Å². The fraction of sp³-hybridized carbons (Fsp3) is 0.389. The summed E-state index contributed by atoms with van der Waals surface area (Å²) in [6.07, 6.45) is 4.12. The van der Waals surface area contributed by atoms with Crippen molar-refractivity contribution in [3.63, 3.8) is 0 Å². The van der Waals surface area contributed by atoms with Crippen LogP contribution in [0.5, 0.6) is 0 Å². The third-order valence-corrected chi connectivity index (χ3v) is 3.94. The molecule has 1 aliphatic rings. The molecule has 0 radical (unpaired) electrons. The number of amides is 2. The predicted molar refractivity (Wildman–Crippen MR) is 89.0 cm³/mol. The van der Waals surface area contributed by atoms with E-state index in [4.69, 9.17) is 0 Å². The number of carbonyl (C=O) groups is 3. The molecule has 0 spiro atoms. The number of carbonyl (C=O) groups excluding carboxylic acids is 3. The number of piperidine rings is 1. The Morgan fingerprint density at radius 1 is 1.17 bits per heavy atom.